The summed E-state index contributed by atoms with van der Waals surface area (Å²) in [5.41, 5.74) is 0.341. The molecule has 1 heterocycles. The van der Waals surface area contributed by atoms with Crippen molar-refractivity contribution in [3.05, 3.63) is 42.0 Å². The lowest BCUT2D eigenvalue weighted by atomic mass is 10.0. The lowest BCUT2D eigenvalue weighted by molar-refractivity contribution is 0.0950. The SMILES string of the molecule is O=C(NCC[C@@H]1CCCN1)c1ccc2ccccc2c1O. The van der Waals surface area contributed by atoms with Crippen molar-refractivity contribution in [1.29, 1.82) is 0 Å². The first-order valence-corrected chi connectivity index (χ1v) is 7.48. The van der Waals surface area contributed by atoms with Crippen LogP contribution in [0.5, 0.6) is 5.75 Å². The summed E-state index contributed by atoms with van der Waals surface area (Å²) in [5, 5.41) is 18.2. The minimum atomic E-state index is -0.212. The largest absolute Gasteiger partial charge is 0.506 e. The highest BCUT2D eigenvalue weighted by atomic mass is 16.3. The van der Waals surface area contributed by atoms with Crippen LogP contribution in [-0.2, 0) is 0 Å². The molecule has 4 heteroatoms. The molecule has 0 bridgehead atoms. The number of benzene rings is 2. The van der Waals surface area contributed by atoms with Crippen LogP contribution in [0.4, 0.5) is 0 Å². The van der Waals surface area contributed by atoms with E-state index in [1.54, 1.807) is 6.07 Å². The van der Waals surface area contributed by atoms with Gasteiger partial charge >= 0.3 is 0 Å². The van der Waals surface area contributed by atoms with E-state index < -0.39 is 0 Å². The van der Waals surface area contributed by atoms with Crippen molar-refractivity contribution < 1.29 is 9.90 Å². The van der Waals surface area contributed by atoms with Crippen molar-refractivity contribution in [2.24, 2.45) is 0 Å². The van der Waals surface area contributed by atoms with Gasteiger partial charge in [-0.15, -0.1) is 0 Å². The Hall–Kier alpha value is -2.07. The quantitative estimate of drug-likeness (QED) is 0.808. The Bertz CT molecular complexity index is 648. The first-order chi connectivity index (χ1) is 10.3. The molecule has 1 atom stereocenters. The summed E-state index contributed by atoms with van der Waals surface area (Å²) in [7, 11) is 0. The summed E-state index contributed by atoms with van der Waals surface area (Å²) < 4.78 is 0. The van der Waals surface area contributed by atoms with Gasteiger partial charge in [-0.3, -0.25) is 4.79 Å². The second-order valence-electron chi connectivity index (χ2n) is 5.52. The smallest absolute Gasteiger partial charge is 0.255 e. The van der Waals surface area contributed by atoms with Gasteiger partial charge in [0, 0.05) is 18.0 Å². The third-order valence-corrected chi connectivity index (χ3v) is 4.09. The molecule has 0 aromatic heterocycles. The Balaban J connectivity index is 1.68. The molecule has 0 spiro atoms. The molecule has 3 N–H and O–H groups in total. The number of fused-ring (bicyclic) bond motifs is 1. The average Bonchev–Trinajstić information content (AvgIpc) is 3.01. The number of aromatic hydroxyl groups is 1. The van der Waals surface area contributed by atoms with Gasteiger partial charge in [-0.2, -0.15) is 0 Å². The maximum atomic E-state index is 12.2. The van der Waals surface area contributed by atoms with Gasteiger partial charge in [0.15, 0.2) is 0 Å². The van der Waals surface area contributed by atoms with Crippen molar-refractivity contribution in [3.8, 4) is 5.75 Å². The topological polar surface area (TPSA) is 61.4 Å². The highest BCUT2D eigenvalue weighted by molar-refractivity contribution is 6.03. The zero-order valence-corrected chi connectivity index (χ0v) is 11.9. The van der Waals surface area contributed by atoms with Gasteiger partial charge in [-0.25, -0.2) is 0 Å². The molecule has 1 fully saturated rings. The minimum absolute atomic E-state index is 0.0598. The molecular formula is C17H20N2O2. The molecule has 0 radical (unpaired) electrons. The fraction of sp³-hybridized carbons (Fsp3) is 0.353. The van der Waals surface area contributed by atoms with Gasteiger partial charge in [0.05, 0.1) is 5.56 Å². The van der Waals surface area contributed by atoms with E-state index in [1.807, 2.05) is 30.3 Å². The standard InChI is InChI=1S/C17H20N2O2/c20-16-14-6-2-1-4-12(14)7-8-15(16)17(21)19-11-9-13-5-3-10-18-13/h1-2,4,6-8,13,18,20H,3,5,9-11H2,(H,19,21)/t13-/m0/s1. The molecule has 4 nitrogen and oxygen atoms in total. The highest BCUT2D eigenvalue weighted by Crippen LogP contribution is 2.28. The van der Waals surface area contributed by atoms with E-state index in [2.05, 4.69) is 10.6 Å². The first-order valence-electron chi connectivity index (χ1n) is 7.48. The van der Waals surface area contributed by atoms with E-state index >= 15 is 0 Å². The summed E-state index contributed by atoms with van der Waals surface area (Å²) in [6, 6.07) is 11.6. The predicted octanol–water partition coefficient (Wildman–Crippen LogP) is 2.42. The number of phenols is 1. The first kappa shape index (κ1) is 13.9. The van der Waals surface area contributed by atoms with Crippen molar-refractivity contribution in [2.45, 2.75) is 25.3 Å². The molecule has 1 amide bonds. The van der Waals surface area contributed by atoms with E-state index in [4.69, 9.17) is 0 Å². The molecule has 1 saturated heterocycles. The summed E-state index contributed by atoms with van der Waals surface area (Å²) >= 11 is 0. The Labute approximate surface area is 124 Å². The van der Waals surface area contributed by atoms with Crippen LogP contribution in [0.25, 0.3) is 10.8 Å². The number of nitrogens with one attached hydrogen (secondary N) is 2. The van der Waals surface area contributed by atoms with Crippen LogP contribution in [0.15, 0.2) is 36.4 Å². The average molecular weight is 284 g/mol. The zero-order valence-electron chi connectivity index (χ0n) is 11.9. The number of phenolic OH excluding ortho intramolecular Hbond substituents is 1. The molecule has 21 heavy (non-hydrogen) atoms. The van der Waals surface area contributed by atoms with Crippen LogP contribution < -0.4 is 10.6 Å². The monoisotopic (exact) mass is 284 g/mol. The fourth-order valence-electron chi connectivity index (χ4n) is 2.90. The lowest BCUT2D eigenvalue weighted by Crippen LogP contribution is -2.30. The van der Waals surface area contributed by atoms with Gasteiger partial charge in [0.1, 0.15) is 5.75 Å². The van der Waals surface area contributed by atoms with Gasteiger partial charge in [0.25, 0.3) is 5.91 Å². The van der Waals surface area contributed by atoms with Crippen molar-refractivity contribution in [2.75, 3.05) is 13.1 Å². The van der Waals surface area contributed by atoms with Crippen LogP contribution in [0.3, 0.4) is 0 Å². The Morgan fingerprint density at radius 3 is 2.95 bits per heavy atom. The Morgan fingerprint density at radius 1 is 1.29 bits per heavy atom. The third-order valence-electron chi connectivity index (χ3n) is 4.09. The van der Waals surface area contributed by atoms with Crippen molar-refractivity contribution >= 4 is 16.7 Å². The van der Waals surface area contributed by atoms with Gasteiger partial charge < -0.3 is 15.7 Å². The Morgan fingerprint density at radius 2 is 2.14 bits per heavy atom. The van der Waals surface area contributed by atoms with Crippen LogP contribution in [0, 0.1) is 0 Å². The van der Waals surface area contributed by atoms with Crippen molar-refractivity contribution in [1.82, 2.24) is 10.6 Å². The second kappa shape index (κ2) is 6.14. The van der Waals surface area contributed by atoms with E-state index in [9.17, 15) is 9.90 Å². The maximum absolute atomic E-state index is 12.2. The van der Waals surface area contributed by atoms with Crippen LogP contribution in [-0.4, -0.2) is 30.1 Å². The normalized spacial score (nSPS) is 18.0. The van der Waals surface area contributed by atoms with E-state index in [0.717, 1.165) is 18.4 Å². The van der Waals surface area contributed by atoms with Gasteiger partial charge in [0.2, 0.25) is 0 Å². The number of carbonyl (C=O) groups is 1. The van der Waals surface area contributed by atoms with Gasteiger partial charge in [-0.1, -0.05) is 30.3 Å². The summed E-state index contributed by atoms with van der Waals surface area (Å²) in [6.07, 6.45) is 3.32. The number of hydrogen-bond acceptors (Lipinski definition) is 3. The van der Waals surface area contributed by atoms with E-state index in [-0.39, 0.29) is 11.7 Å². The van der Waals surface area contributed by atoms with Gasteiger partial charge in [-0.05, 0) is 37.3 Å². The molecule has 1 aliphatic heterocycles. The predicted molar refractivity (Wildman–Crippen MR) is 83.6 cm³/mol. The molecule has 2 aromatic carbocycles. The van der Waals surface area contributed by atoms with Crippen LogP contribution in [0.1, 0.15) is 29.6 Å². The van der Waals surface area contributed by atoms with Crippen LogP contribution in [0.2, 0.25) is 0 Å². The highest BCUT2D eigenvalue weighted by Gasteiger charge is 2.16. The van der Waals surface area contributed by atoms with Crippen LogP contribution >= 0.6 is 0 Å². The van der Waals surface area contributed by atoms with E-state index in [0.29, 0.717) is 23.5 Å². The molecule has 110 valence electrons. The zero-order chi connectivity index (χ0) is 14.7. The number of hydrogen-bond donors (Lipinski definition) is 3. The van der Waals surface area contributed by atoms with Crippen molar-refractivity contribution in [3.63, 3.8) is 0 Å². The summed E-state index contributed by atoms with van der Waals surface area (Å²) in [4.78, 5) is 12.2. The summed E-state index contributed by atoms with van der Waals surface area (Å²) in [6.45, 7) is 1.70. The molecule has 0 unspecified atom stereocenters. The molecular weight excluding hydrogens is 264 g/mol. The Kier molecular flexibility index (Phi) is 4.06. The second-order valence-corrected chi connectivity index (χ2v) is 5.52. The third kappa shape index (κ3) is 3.00. The number of carbonyl (C=O) groups excluding carboxylic acids is 1. The molecule has 0 saturated carbocycles. The number of rotatable bonds is 4. The molecule has 2 aromatic rings. The number of amides is 1. The molecule has 1 aliphatic rings. The minimum Gasteiger partial charge on any atom is -0.506 e. The van der Waals surface area contributed by atoms with E-state index in [1.165, 1.54) is 12.8 Å². The molecule has 0 aliphatic carbocycles. The maximum Gasteiger partial charge on any atom is 0.255 e. The molecule has 3 rings (SSSR count). The fourth-order valence-corrected chi connectivity index (χ4v) is 2.90. The summed E-state index contributed by atoms with van der Waals surface area (Å²) in [5.74, 6) is -0.152. The lowest BCUT2D eigenvalue weighted by Gasteiger charge is -2.12.